The molecule has 4 heterocycles. The Hall–Kier alpha value is -5.48. The molecule has 6 nitrogen and oxygen atoms in total. The maximum Gasteiger partial charge on any atom is 0.209 e. The molecule has 2 aromatic heterocycles. The Kier molecular flexibility index (Phi) is 8.24. The van der Waals surface area contributed by atoms with Crippen molar-refractivity contribution in [2.24, 2.45) is 0 Å². The summed E-state index contributed by atoms with van der Waals surface area (Å²) in [6.07, 6.45) is 0. The summed E-state index contributed by atoms with van der Waals surface area (Å²) < 4.78 is 58.6. The van der Waals surface area contributed by atoms with Gasteiger partial charge in [0.05, 0.1) is 47.7 Å². The largest absolute Gasteiger partial charge is 0.307 e. The molecule has 0 atom stereocenters. The molecule has 0 bridgehead atoms. The van der Waals surface area contributed by atoms with Gasteiger partial charge in [0.15, 0.2) is 0 Å². The Balaban J connectivity index is 1.30. The van der Waals surface area contributed by atoms with Crippen molar-refractivity contribution < 1.29 is 16.8 Å². The van der Waals surface area contributed by atoms with E-state index in [1.54, 1.807) is 35.6 Å². The van der Waals surface area contributed by atoms with Crippen molar-refractivity contribution >= 4 is 69.9 Å². The number of benzene rings is 6. The number of thiophene rings is 1. The number of nitrogens with zero attached hydrogens (tertiary/aromatic N) is 2. The van der Waals surface area contributed by atoms with E-state index in [9.17, 15) is 16.8 Å². The van der Waals surface area contributed by atoms with Crippen LogP contribution in [0.5, 0.6) is 0 Å². The van der Waals surface area contributed by atoms with Gasteiger partial charge in [-0.25, -0.2) is 16.8 Å². The van der Waals surface area contributed by atoms with E-state index < -0.39 is 19.7 Å². The molecule has 0 N–H and O–H groups in total. The van der Waals surface area contributed by atoms with Crippen LogP contribution in [0.3, 0.4) is 0 Å². The van der Waals surface area contributed by atoms with Gasteiger partial charge in [0.2, 0.25) is 19.7 Å². The molecule has 302 valence electrons. The molecule has 6 aromatic carbocycles. The summed E-state index contributed by atoms with van der Waals surface area (Å²) in [6, 6.07) is 43.5. The number of fused-ring (bicyclic) bond motifs is 7. The normalized spacial score (nSPS) is 16.3. The number of hydrogen-bond donors (Lipinski definition) is 0. The predicted molar refractivity (Wildman–Crippen MR) is 246 cm³/mol. The van der Waals surface area contributed by atoms with Crippen molar-refractivity contribution in [3.05, 3.63) is 156 Å². The number of aromatic nitrogens is 1. The molecular formula is C51H46N2O4S3. The number of sulfone groups is 2. The van der Waals surface area contributed by atoms with Gasteiger partial charge in [-0.3, -0.25) is 4.57 Å². The second-order valence-electron chi connectivity index (χ2n) is 18.7. The van der Waals surface area contributed by atoms with E-state index in [2.05, 4.69) is 156 Å². The van der Waals surface area contributed by atoms with Crippen LogP contribution in [0.1, 0.15) is 77.6 Å². The van der Waals surface area contributed by atoms with Crippen LogP contribution in [0, 0.1) is 0 Å². The molecule has 0 fully saturated rings. The van der Waals surface area contributed by atoms with Gasteiger partial charge in [0, 0.05) is 21.1 Å². The standard InChI is InChI=1S/C51H46N2O4S3/c1-49(2,3)32-22-24-38-34(28-32)35-29-33(50(4,5)6)23-25-39(35)53(38)48-42(52-40-17-11-9-15-36(40)51(7,8)37-16-10-12-18-41(37)52)30-43(58-48)31-21-26-46-47(27-31)60(56,57)45-20-14-13-19-44(45)59(46,54)55/h9-30H,1-8H3. The Morgan fingerprint density at radius 1 is 0.500 bits per heavy atom. The molecule has 0 radical (unpaired) electrons. The molecule has 0 saturated heterocycles. The van der Waals surface area contributed by atoms with Crippen molar-refractivity contribution in [2.45, 2.75) is 91.2 Å². The van der Waals surface area contributed by atoms with E-state index >= 15 is 0 Å². The first-order valence-electron chi connectivity index (χ1n) is 20.3. The van der Waals surface area contributed by atoms with Gasteiger partial charge in [-0.2, -0.15) is 0 Å². The molecule has 8 aromatic rings. The Labute approximate surface area is 356 Å². The fourth-order valence-corrected chi connectivity index (χ4v) is 14.5. The highest BCUT2D eigenvalue weighted by atomic mass is 32.2. The summed E-state index contributed by atoms with van der Waals surface area (Å²) in [7, 11) is -8.21. The van der Waals surface area contributed by atoms with Crippen LogP contribution in [0.25, 0.3) is 37.2 Å². The molecule has 0 aliphatic carbocycles. The van der Waals surface area contributed by atoms with E-state index in [1.165, 1.54) is 40.5 Å². The molecular weight excluding hydrogens is 801 g/mol. The van der Waals surface area contributed by atoms with Gasteiger partial charge in [0.25, 0.3) is 0 Å². The fourth-order valence-electron chi connectivity index (χ4n) is 9.16. The molecule has 0 saturated carbocycles. The Bertz CT molecular complexity index is 3240. The highest BCUT2D eigenvalue weighted by Gasteiger charge is 2.41. The van der Waals surface area contributed by atoms with Crippen LogP contribution in [-0.2, 0) is 35.9 Å². The molecule has 0 amide bonds. The van der Waals surface area contributed by atoms with Gasteiger partial charge >= 0.3 is 0 Å². The number of hydrogen-bond acceptors (Lipinski definition) is 6. The topological polar surface area (TPSA) is 76.5 Å². The third-order valence-corrected chi connectivity index (χ3v) is 17.6. The van der Waals surface area contributed by atoms with Crippen molar-refractivity contribution in [2.75, 3.05) is 4.90 Å². The lowest BCUT2D eigenvalue weighted by atomic mass is 9.73. The quantitative estimate of drug-likeness (QED) is 0.177. The van der Waals surface area contributed by atoms with Crippen molar-refractivity contribution in [1.29, 1.82) is 0 Å². The lowest BCUT2D eigenvalue weighted by molar-refractivity contribution is 0.570. The summed E-state index contributed by atoms with van der Waals surface area (Å²) >= 11 is 1.58. The SMILES string of the molecule is CC(C)(C)c1ccc2c(c1)c1cc(C(C)(C)C)ccc1n2-c1sc(-c2ccc3c(c2)S(=O)(=O)c2ccccc2S3(=O)=O)cc1N1c2ccccc2C(C)(C)c2ccccc21. The summed E-state index contributed by atoms with van der Waals surface area (Å²) in [5, 5.41) is 3.28. The first-order valence-corrected chi connectivity index (χ1v) is 24.0. The average Bonchev–Trinajstić information content (AvgIpc) is 3.78. The Morgan fingerprint density at radius 3 is 1.48 bits per heavy atom. The maximum atomic E-state index is 14.2. The van der Waals surface area contributed by atoms with Gasteiger partial charge in [0.1, 0.15) is 5.00 Å². The Morgan fingerprint density at radius 2 is 0.967 bits per heavy atom. The lowest BCUT2D eigenvalue weighted by Gasteiger charge is -2.42. The second-order valence-corrected chi connectivity index (χ2v) is 23.5. The first kappa shape index (κ1) is 38.7. The maximum absolute atomic E-state index is 14.2. The minimum absolute atomic E-state index is 0.0691. The summed E-state index contributed by atoms with van der Waals surface area (Å²) in [4.78, 5) is 2.38. The van der Waals surface area contributed by atoms with Gasteiger partial charge in [-0.15, -0.1) is 11.3 Å². The number of para-hydroxylation sites is 2. The zero-order chi connectivity index (χ0) is 42.3. The highest BCUT2D eigenvalue weighted by molar-refractivity contribution is 7.97. The van der Waals surface area contributed by atoms with Crippen molar-refractivity contribution in [3.8, 4) is 15.4 Å². The molecule has 9 heteroatoms. The van der Waals surface area contributed by atoms with Crippen LogP contribution >= 0.6 is 11.3 Å². The minimum Gasteiger partial charge on any atom is -0.307 e. The number of anilines is 3. The molecule has 0 spiro atoms. The average molecular weight is 847 g/mol. The van der Waals surface area contributed by atoms with Crippen molar-refractivity contribution in [3.63, 3.8) is 0 Å². The van der Waals surface area contributed by atoms with Gasteiger partial charge in [-0.05, 0) is 105 Å². The third kappa shape index (κ3) is 5.55. The first-order chi connectivity index (χ1) is 28.3. The van der Waals surface area contributed by atoms with Gasteiger partial charge < -0.3 is 4.90 Å². The van der Waals surface area contributed by atoms with Crippen LogP contribution in [-0.4, -0.2) is 21.4 Å². The van der Waals surface area contributed by atoms with E-state index in [0.29, 0.717) is 5.56 Å². The van der Waals surface area contributed by atoms with Gasteiger partial charge in [-0.1, -0.05) is 122 Å². The highest BCUT2D eigenvalue weighted by Crippen LogP contribution is 2.56. The van der Waals surface area contributed by atoms with Crippen LogP contribution < -0.4 is 4.90 Å². The molecule has 2 aliphatic heterocycles. The van der Waals surface area contributed by atoms with E-state index in [0.717, 1.165) is 48.7 Å². The van der Waals surface area contributed by atoms with Crippen molar-refractivity contribution in [1.82, 2.24) is 4.57 Å². The smallest absolute Gasteiger partial charge is 0.209 e. The van der Waals surface area contributed by atoms with E-state index in [1.807, 2.05) is 0 Å². The molecule has 60 heavy (non-hydrogen) atoms. The van der Waals surface area contributed by atoms with Crippen LogP contribution in [0.15, 0.2) is 153 Å². The predicted octanol–water partition coefficient (Wildman–Crippen LogP) is 13.2. The summed E-state index contributed by atoms with van der Waals surface area (Å²) in [5.74, 6) is 0. The number of rotatable bonds is 3. The summed E-state index contributed by atoms with van der Waals surface area (Å²) in [5.41, 5.74) is 10.3. The molecule has 2 aliphatic rings. The zero-order valence-corrected chi connectivity index (χ0v) is 37.4. The third-order valence-electron chi connectivity index (χ3n) is 12.5. The monoisotopic (exact) mass is 846 g/mol. The summed E-state index contributed by atoms with van der Waals surface area (Å²) in [6.45, 7) is 18.0. The second kappa shape index (κ2) is 12.8. The lowest BCUT2D eigenvalue weighted by Crippen LogP contribution is -2.30. The minimum atomic E-state index is -4.14. The van der Waals surface area contributed by atoms with E-state index in [-0.39, 0.29) is 35.8 Å². The zero-order valence-electron chi connectivity index (χ0n) is 35.0. The van der Waals surface area contributed by atoms with E-state index in [4.69, 9.17) is 0 Å². The van der Waals surface area contributed by atoms with Crippen LogP contribution in [0.2, 0.25) is 0 Å². The molecule has 10 rings (SSSR count). The van der Waals surface area contributed by atoms with Crippen LogP contribution in [0.4, 0.5) is 17.1 Å². The molecule has 0 unspecified atom stereocenters. The fraction of sp³-hybridized carbons (Fsp3) is 0.216.